The van der Waals surface area contributed by atoms with Gasteiger partial charge in [0.05, 0.1) is 11.3 Å². The third kappa shape index (κ3) is 7.94. The first-order valence-corrected chi connectivity index (χ1v) is 10.7. The fraction of sp³-hybridized carbons (Fsp3) is 0.550. The Hall–Kier alpha value is -2.26. The average Bonchev–Trinajstić information content (AvgIpc) is 2.58. The Labute approximate surface area is 175 Å². The lowest BCUT2D eigenvalue weighted by Gasteiger charge is -2.25. The predicted octanol–water partition coefficient (Wildman–Crippen LogP) is 1.57. The van der Waals surface area contributed by atoms with Crippen LogP contribution in [0.15, 0.2) is 18.2 Å². The molecule has 9 heteroatoms. The van der Waals surface area contributed by atoms with Gasteiger partial charge in [-0.05, 0) is 53.1 Å². The average molecular weight is 426 g/mol. The molecule has 8 nitrogen and oxygen atoms in total. The van der Waals surface area contributed by atoms with Crippen molar-refractivity contribution in [2.45, 2.75) is 26.4 Å². The minimum absolute atomic E-state index is 0.170. The molecule has 0 aliphatic rings. The molecule has 0 aliphatic heterocycles. The van der Waals surface area contributed by atoms with E-state index in [4.69, 9.17) is 4.74 Å². The monoisotopic (exact) mass is 425 g/mol. The van der Waals surface area contributed by atoms with E-state index < -0.39 is 28.5 Å². The number of anilines is 1. The molecule has 1 amide bonds. The molecule has 1 aromatic carbocycles. The van der Waals surface area contributed by atoms with E-state index in [1.54, 1.807) is 43.5 Å². The highest BCUT2D eigenvalue weighted by Gasteiger charge is 2.23. The van der Waals surface area contributed by atoms with Gasteiger partial charge in [0, 0.05) is 32.0 Å². The zero-order valence-electron chi connectivity index (χ0n) is 18.2. The van der Waals surface area contributed by atoms with E-state index in [-0.39, 0.29) is 17.7 Å². The fourth-order valence-corrected chi connectivity index (χ4v) is 3.29. The van der Waals surface area contributed by atoms with Crippen molar-refractivity contribution in [3.63, 3.8) is 0 Å². The van der Waals surface area contributed by atoms with Crippen LogP contribution in [-0.4, -0.2) is 84.8 Å². The van der Waals surface area contributed by atoms with Gasteiger partial charge in [-0.25, -0.2) is 4.21 Å². The van der Waals surface area contributed by atoms with Gasteiger partial charge >= 0.3 is 5.97 Å². The molecule has 1 unspecified atom stereocenters. The van der Waals surface area contributed by atoms with E-state index >= 15 is 0 Å². The second-order valence-corrected chi connectivity index (χ2v) is 9.25. The smallest absolute Gasteiger partial charge is 0.326 e. The van der Waals surface area contributed by atoms with Gasteiger partial charge < -0.3 is 14.5 Å². The summed E-state index contributed by atoms with van der Waals surface area (Å²) < 4.78 is 19.0. The molecule has 1 rings (SSSR count). The van der Waals surface area contributed by atoms with Crippen LogP contribution in [0.3, 0.4) is 0 Å². The fourth-order valence-electron chi connectivity index (χ4n) is 2.54. The number of amides is 1. The normalized spacial score (nSPS) is 12.4. The first-order valence-electron chi connectivity index (χ1n) is 9.18. The first kappa shape index (κ1) is 24.8. The molecular weight excluding hydrogens is 394 g/mol. The quantitative estimate of drug-likeness (QED) is 0.441. The molecule has 29 heavy (non-hydrogen) atoms. The van der Waals surface area contributed by atoms with E-state index in [2.05, 4.69) is 0 Å². The molecule has 0 bridgehead atoms. The van der Waals surface area contributed by atoms with Crippen LogP contribution in [0.25, 0.3) is 0 Å². The highest BCUT2D eigenvalue weighted by Crippen LogP contribution is 2.21. The van der Waals surface area contributed by atoms with Crippen molar-refractivity contribution < 1.29 is 23.3 Å². The van der Waals surface area contributed by atoms with Crippen molar-refractivity contribution in [2.24, 2.45) is 0 Å². The van der Waals surface area contributed by atoms with Crippen molar-refractivity contribution in [3.8, 4) is 0 Å². The number of hydrogen-bond acceptors (Lipinski definition) is 6. The van der Waals surface area contributed by atoms with Crippen LogP contribution in [0, 0.1) is 0 Å². The van der Waals surface area contributed by atoms with Crippen LogP contribution in [0.1, 0.15) is 41.5 Å². The summed E-state index contributed by atoms with van der Waals surface area (Å²) in [6, 6.07) is 4.71. The van der Waals surface area contributed by atoms with Crippen molar-refractivity contribution in [1.29, 1.82) is 0 Å². The minimum Gasteiger partial charge on any atom is -0.459 e. The Bertz CT molecular complexity index is 774. The Kier molecular flexibility index (Phi) is 8.97. The standard InChI is InChI=1S/C20H31N3O5S/c1-20(2,3)28-18(25)13-22(6)19(26)17-9-8-16(12-15(17)14-24)23(29(7)27)11-10-21(4)5/h8-9,12,14H,10-11,13H2,1-7H3. The van der Waals surface area contributed by atoms with Crippen molar-refractivity contribution in [1.82, 2.24) is 9.80 Å². The van der Waals surface area contributed by atoms with E-state index in [1.165, 1.54) is 18.0 Å². The summed E-state index contributed by atoms with van der Waals surface area (Å²) in [6.45, 7) is 6.18. The summed E-state index contributed by atoms with van der Waals surface area (Å²) in [7, 11) is 4.01. The maximum atomic E-state index is 12.7. The number of esters is 1. The van der Waals surface area contributed by atoms with Gasteiger partial charge in [0.1, 0.15) is 23.1 Å². The van der Waals surface area contributed by atoms with Crippen molar-refractivity contribution >= 4 is 34.8 Å². The molecule has 0 aliphatic carbocycles. The Morgan fingerprint density at radius 3 is 2.24 bits per heavy atom. The second-order valence-electron chi connectivity index (χ2n) is 7.97. The number of carbonyl (C=O) groups is 3. The molecule has 0 aromatic heterocycles. The lowest BCUT2D eigenvalue weighted by Crippen LogP contribution is -2.36. The molecule has 1 aromatic rings. The first-order chi connectivity index (χ1) is 13.4. The number of nitrogens with zero attached hydrogens (tertiary/aromatic N) is 3. The summed E-state index contributed by atoms with van der Waals surface area (Å²) in [5.41, 5.74) is 0.275. The maximum absolute atomic E-state index is 12.7. The summed E-state index contributed by atoms with van der Waals surface area (Å²) in [5.74, 6) is -1.00. The largest absolute Gasteiger partial charge is 0.459 e. The molecule has 0 heterocycles. The third-order valence-corrected chi connectivity index (χ3v) is 4.89. The third-order valence-electron chi connectivity index (χ3n) is 3.87. The number of hydrogen-bond donors (Lipinski definition) is 0. The molecule has 0 radical (unpaired) electrons. The van der Waals surface area contributed by atoms with E-state index in [1.807, 2.05) is 19.0 Å². The maximum Gasteiger partial charge on any atom is 0.326 e. The van der Waals surface area contributed by atoms with E-state index in [9.17, 15) is 18.6 Å². The zero-order chi connectivity index (χ0) is 22.4. The molecule has 0 spiro atoms. The highest BCUT2D eigenvalue weighted by molar-refractivity contribution is 7.85. The van der Waals surface area contributed by atoms with Crippen LogP contribution >= 0.6 is 0 Å². The number of carbonyl (C=O) groups excluding carboxylic acids is 3. The molecule has 0 saturated heterocycles. The van der Waals surface area contributed by atoms with Crippen LogP contribution in [0.5, 0.6) is 0 Å². The summed E-state index contributed by atoms with van der Waals surface area (Å²) in [4.78, 5) is 39.5. The van der Waals surface area contributed by atoms with E-state index in [0.29, 0.717) is 25.1 Å². The molecule has 1 atom stereocenters. The lowest BCUT2D eigenvalue weighted by atomic mass is 10.1. The summed E-state index contributed by atoms with van der Waals surface area (Å²) in [5, 5.41) is 0. The van der Waals surface area contributed by atoms with Crippen LogP contribution in [-0.2, 0) is 20.5 Å². The van der Waals surface area contributed by atoms with Gasteiger partial charge in [-0.15, -0.1) is 0 Å². The topological polar surface area (TPSA) is 87.2 Å². The number of ether oxygens (including phenoxy) is 1. The van der Waals surface area contributed by atoms with Gasteiger partial charge in [0.15, 0.2) is 6.29 Å². The minimum atomic E-state index is -1.29. The summed E-state index contributed by atoms with van der Waals surface area (Å²) in [6.07, 6.45) is 2.14. The Morgan fingerprint density at radius 1 is 1.14 bits per heavy atom. The second kappa shape index (κ2) is 10.5. The van der Waals surface area contributed by atoms with Crippen molar-refractivity contribution in [3.05, 3.63) is 29.3 Å². The van der Waals surface area contributed by atoms with Gasteiger partial charge in [-0.2, -0.15) is 0 Å². The molecule has 0 fully saturated rings. The van der Waals surface area contributed by atoms with Gasteiger partial charge in [-0.1, -0.05) is 0 Å². The predicted molar refractivity (Wildman–Crippen MR) is 115 cm³/mol. The van der Waals surface area contributed by atoms with Gasteiger partial charge in [0.25, 0.3) is 5.91 Å². The Morgan fingerprint density at radius 2 is 1.76 bits per heavy atom. The number of aldehydes is 1. The van der Waals surface area contributed by atoms with Crippen LogP contribution in [0.2, 0.25) is 0 Å². The van der Waals surface area contributed by atoms with Crippen molar-refractivity contribution in [2.75, 3.05) is 51.3 Å². The number of rotatable bonds is 9. The number of benzene rings is 1. The molecule has 0 saturated carbocycles. The Balaban J connectivity index is 3.05. The molecular formula is C20H31N3O5S. The highest BCUT2D eigenvalue weighted by atomic mass is 32.2. The van der Waals surface area contributed by atoms with Gasteiger partial charge in [-0.3, -0.25) is 18.7 Å². The van der Waals surface area contributed by atoms with Crippen LogP contribution < -0.4 is 4.31 Å². The zero-order valence-corrected chi connectivity index (χ0v) is 19.0. The van der Waals surface area contributed by atoms with Gasteiger partial charge in [0.2, 0.25) is 0 Å². The summed E-state index contributed by atoms with van der Waals surface area (Å²) >= 11 is 0. The number of likely N-dealkylation sites (N-methyl/N-ethyl adjacent to an activating group) is 2. The van der Waals surface area contributed by atoms with Crippen LogP contribution in [0.4, 0.5) is 5.69 Å². The van der Waals surface area contributed by atoms with E-state index in [0.717, 1.165) is 0 Å². The molecule has 0 N–H and O–H groups in total. The molecule has 162 valence electrons. The SMILES string of the molecule is CN(C)CCN(c1ccc(C(=O)N(C)CC(=O)OC(C)(C)C)c(C=O)c1)S(C)=O. The lowest BCUT2D eigenvalue weighted by molar-refractivity contribution is -0.155.